The Balaban J connectivity index is 2.02. The second-order valence-corrected chi connectivity index (χ2v) is 6.87. The van der Waals surface area contributed by atoms with Crippen LogP contribution in [0.3, 0.4) is 0 Å². The predicted molar refractivity (Wildman–Crippen MR) is 106 cm³/mol. The highest BCUT2D eigenvalue weighted by molar-refractivity contribution is 9.11. The molecule has 0 aromatic heterocycles. The first-order valence-electron chi connectivity index (χ1n) is 7.34. The molecule has 0 unspecified atom stereocenters. The number of aromatic hydroxyl groups is 1. The van der Waals surface area contributed by atoms with Crippen molar-refractivity contribution in [2.45, 2.75) is 0 Å². The van der Waals surface area contributed by atoms with Crippen LogP contribution in [-0.2, 0) is 4.79 Å². The zero-order valence-corrected chi connectivity index (χ0v) is 16.5. The number of hydrogen-bond acceptors (Lipinski definition) is 5. The van der Waals surface area contributed by atoms with Crippen molar-refractivity contribution in [1.29, 1.82) is 0 Å². The summed E-state index contributed by atoms with van der Waals surface area (Å²) >= 11 is 6.52. The number of phenolic OH excluding ortho intramolecular Hbond substituents is 1. The first kappa shape index (κ1) is 20.0. The van der Waals surface area contributed by atoms with Crippen LogP contribution in [0.1, 0.15) is 21.5 Å². The van der Waals surface area contributed by atoms with E-state index in [1.54, 1.807) is 42.5 Å². The van der Waals surface area contributed by atoms with Gasteiger partial charge in [0.25, 0.3) is 5.91 Å². The van der Waals surface area contributed by atoms with Crippen molar-refractivity contribution in [1.82, 2.24) is 5.43 Å². The maximum atomic E-state index is 12.1. The number of halogens is 2. The smallest absolute Gasteiger partial charge is 0.271 e. The van der Waals surface area contributed by atoms with Crippen molar-refractivity contribution in [2.75, 3.05) is 6.61 Å². The Morgan fingerprint density at radius 3 is 2.50 bits per heavy atom. The second-order valence-electron chi connectivity index (χ2n) is 5.10. The van der Waals surface area contributed by atoms with Gasteiger partial charge in [0.1, 0.15) is 12.4 Å². The summed E-state index contributed by atoms with van der Waals surface area (Å²) in [6.45, 7) is -0.543. The van der Waals surface area contributed by atoms with Gasteiger partial charge in [0.2, 0.25) is 0 Å². The molecule has 26 heavy (non-hydrogen) atoms. The summed E-state index contributed by atoms with van der Waals surface area (Å²) in [5, 5.41) is 22.4. The lowest BCUT2D eigenvalue weighted by Gasteiger charge is -2.03. The van der Waals surface area contributed by atoms with Gasteiger partial charge in [-0.3, -0.25) is 9.59 Å². The fraction of sp³-hybridized carbons (Fsp3) is 0.0556. The van der Waals surface area contributed by atoms with Crippen LogP contribution >= 0.6 is 31.9 Å². The number of nitrogens with zero attached hydrogens (tertiary/aromatic N) is 1. The molecular formula is C18H14Br2N2O4. The van der Waals surface area contributed by atoms with Crippen LogP contribution in [0.15, 0.2) is 56.5 Å². The fourth-order valence-electron chi connectivity index (χ4n) is 1.90. The number of carbonyl (C=O) groups is 2. The Bertz CT molecular complexity index is 878. The van der Waals surface area contributed by atoms with Gasteiger partial charge >= 0.3 is 0 Å². The number of aliphatic hydroxyl groups excluding tert-OH is 1. The highest BCUT2D eigenvalue weighted by Crippen LogP contribution is 2.30. The zero-order valence-electron chi connectivity index (χ0n) is 13.3. The molecule has 1 amide bonds. The van der Waals surface area contributed by atoms with Gasteiger partial charge in [-0.05, 0) is 51.8 Å². The number of benzene rings is 2. The largest absolute Gasteiger partial charge is 0.506 e. The summed E-state index contributed by atoms with van der Waals surface area (Å²) < 4.78 is 1.25. The highest BCUT2D eigenvalue weighted by atomic mass is 79.9. The molecule has 6 nitrogen and oxygen atoms in total. The lowest BCUT2D eigenvalue weighted by atomic mass is 10.1. The minimum atomic E-state index is -0.543. The van der Waals surface area contributed by atoms with Crippen LogP contribution in [0.5, 0.6) is 5.75 Å². The van der Waals surface area contributed by atoms with E-state index in [1.807, 2.05) is 0 Å². The molecule has 8 heteroatoms. The number of hydrogen-bond donors (Lipinski definition) is 3. The van der Waals surface area contributed by atoms with Gasteiger partial charge in [-0.25, -0.2) is 5.43 Å². The third kappa shape index (κ3) is 5.62. The standard InChI is InChI=1S/C18H14Br2N2O4/c19-14-7-13(17(25)16(20)8-14)9-21-22-18(26)12-4-1-11(2-5-12)3-6-15(24)10-23/h1-9,23,25H,10H2,(H,22,26)/b6-3+,21-9+. The summed E-state index contributed by atoms with van der Waals surface area (Å²) in [6, 6.07) is 9.84. The summed E-state index contributed by atoms with van der Waals surface area (Å²) in [5.74, 6) is -0.805. The van der Waals surface area contributed by atoms with Crippen molar-refractivity contribution in [2.24, 2.45) is 5.10 Å². The average molecular weight is 482 g/mol. The molecule has 0 heterocycles. The van der Waals surface area contributed by atoms with Crippen LogP contribution < -0.4 is 5.43 Å². The van der Waals surface area contributed by atoms with E-state index in [-0.39, 0.29) is 5.75 Å². The first-order valence-corrected chi connectivity index (χ1v) is 8.92. The van der Waals surface area contributed by atoms with E-state index in [9.17, 15) is 14.7 Å². The third-order valence-electron chi connectivity index (χ3n) is 3.22. The summed E-state index contributed by atoms with van der Waals surface area (Å²) in [7, 11) is 0. The SMILES string of the molecule is O=C(/C=C/c1ccc(C(=O)N/N=C/c2cc(Br)cc(Br)c2O)cc1)CO. The second kappa shape index (κ2) is 9.42. The number of aliphatic hydroxyl groups is 1. The molecule has 2 aromatic rings. The predicted octanol–water partition coefficient (Wildman–Crippen LogP) is 3.26. The van der Waals surface area contributed by atoms with Crippen LogP contribution in [-0.4, -0.2) is 34.7 Å². The number of ketones is 1. The Labute approximate surface area is 166 Å². The topological polar surface area (TPSA) is 99.0 Å². The zero-order chi connectivity index (χ0) is 19.1. The Morgan fingerprint density at radius 2 is 1.85 bits per heavy atom. The molecule has 0 aliphatic heterocycles. The normalized spacial score (nSPS) is 11.2. The van der Waals surface area contributed by atoms with Crippen molar-refractivity contribution in [3.8, 4) is 5.75 Å². The van der Waals surface area contributed by atoms with E-state index >= 15 is 0 Å². The van der Waals surface area contributed by atoms with Gasteiger partial charge in [-0.2, -0.15) is 5.10 Å². The third-order valence-corrected chi connectivity index (χ3v) is 4.28. The van der Waals surface area contributed by atoms with Gasteiger partial charge in [0.05, 0.1) is 10.7 Å². The Morgan fingerprint density at radius 1 is 1.15 bits per heavy atom. The quantitative estimate of drug-likeness (QED) is 0.335. The van der Waals surface area contributed by atoms with E-state index in [1.165, 1.54) is 12.3 Å². The molecule has 0 aliphatic rings. The van der Waals surface area contributed by atoms with E-state index in [0.717, 1.165) is 10.0 Å². The highest BCUT2D eigenvalue weighted by Gasteiger charge is 2.06. The molecule has 0 atom stereocenters. The molecule has 0 aliphatic carbocycles. The first-order chi connectivity index (χ1) is 12.4. The number of rotatable bonds is 6. The maximum absolute atomic E-state index is 12.1. The lowest BCUT2D eigenvalue weighted by Crippen LogP contribution is -2.17. The minimum Gasteiger partial charge on any atom is -0.506 e. The van der Waals surface area contributed by atoms with Crippen LogP contribution in [0.4, 0.5) is 0 Å². The van der Waals surface area contributed by atoms with Gasteiger partial charge in [0.15, 0.2) is 5.78 Å². The van der Waals surface area contributed by atoms with Crippen molar-refractivity contribution < 1.29 is 19.8 Å². The minimum absolute atomic E-state index is 0.0137. The van der Waals surface area contributed by atoms with E-state index in [0.29, 0.717) is 15.6 Å². The van der Waals surface area contributed by atoms with Gasteiger partial charge in [0, 0.05) is 15.6 Å². The molecule has 134 valence electrons. The molecule has 0 saturated heterocycles. The summed E-state index contributed by atoms with van der Waals surface area (Å²) in [4.78, 5) is 23.1. The number of hydrazone groups is 1. The molecule has 2 rings (SSSR count). The number of amides is 1. The van der Waals surface area contributed by atoms with E-state index in [2.05, 4.69) is 42.4 Å². The van der Waals surface area contributed by atoms with Gasteiger partial charge in [-0.15, -0.1) is 0 Å². The van der Waals surface area contributed by atoms with E-state index in [4.69, 9.17) is 5.11 Å². The van der Waals surface area contributed by atoms with Crippen molar-refractivity contribution >= 4 is 55.8 Å². The summed E-state index contributed by atoms with van der Waals surface area (Å²) in [5.41, 5.74) is 3.91. The fourth-order valence-corrected chi connectivity index (χ4v) is 3.16. The molecule has 2 aromatic carbocycles. The number of carbonyl (C=O) groups excluding carboxylic acids is 2. The van der Waals surface area contributed by atoms with Crippen molar-refractivity contribution in [3.63, 3.8) is 0 Å². The molecule has 3 N–H and O–H groups in total. The van der Waals surface area contributed by atoms with Crippen LogP contribution in [0.25, 0.3) is 6.08 Å². The molecule has 0 spiro atoms. The maximum Gasteiger partial charge on any atom is 0.271 e. The van der Waals surface area contributed by atoms with Gasteiger partial charge in [-0.1, -0.05) is 34.1 Å². The summed E-state index contributed by atoms with van der Waals surface area (Å²) in [6.07, 6.45) is 4.15. The number of phenols is 1. The van der Waals surface area contributed by atoms with Gasteiger partial charge < -0.3 is 10.2 Å². The van der Waals surface area contributed by atoms with E-state index < -0.39 is 18.3 Å². The van der Waals surface area contributed by atoms with Crippen LogP contribution in [0.2, 0.25) is 0 Å². The lowest BCUT2D eigenvalue weighted by molar-refractivity contribution is -0.117. The van der Waals surface area contributed by atoms with Crippen molar-refractivity contribution in [3.05, 3.63) is 68.1 Å². The molecule has 0 saturated carbocycles. The Kier molecular flexibility index (Phi) is 7.26. The molecular weight excluding hydrogens is 468 g/mol. The molecule has 0 fully saturated rings. The molecule has 0 radical (unpaired) electrons. The monoisotopic (exact) mass is 480 g/mol. The van der Waals surface area contributed by atoms with Crippen LogP contribution in [0, 0.1) is 0 Å². The molecule has 0 bridgehead atoms. The average Bonchev–Trinajstić information content (AvgIpc) is 2.63. The Hall–Kier alpha value is -2.29. The number of nitrogens with one attached hydrogen (secondary N) is 1.